The molecular weight excluding hydrogens is 559 g/mol. The molecule has 0 aromatic heterocycles. The summed E-state index contributed by atoms with van der Waals surface area (Å²) in [4.78, 5) is 0. The second kappa shape index (κ2) is 9.33. The molecule has 5 nitrogen and oxygen atoms in total. The molecule has 232 valence electrons. The highest BCUT2D eigenvalue weighted by Gasteiger charge is 2.78. The van der Waals surface area contributed by atoms with E-state index in [9.17, 15) is 28.5 Å². The lowest BCUT2D eigenvalue weighted by atomic mass is 9.48. The number of halogens is 5. The van der Waals surface area contributed by atoms with E-state index in [-0.39, 0.29) is 31.3 Å². The fourth-order valence-corrected chi connectivity index (χ4v) is 8.58. The van der Waals surface area contributed by atoms with Crippen LogP contribution in [0.1, 0.15) is 76.3 Å². The number of hydrogen-bond acceptors (Lipinski definition) is 5. The third-order valence-electron chi connectivity index (χ3n) is 10.9. The fraction of sp³-hybridized carbons (Fsp3) is 0.688. The van der Waals surface area contributed by atoms with E-state index in [4.69, 9.17) is 9.47 Å². The van der Waals surface area contributed by atoms with Crippen molar-refractivity contribution in [2.75, 3.05) is 13.2 Å². The van der Waals surface area contributed by atoms with Crippen LogP contribution in [0.5, 0.6) is 0 Å². The second-order valence-electron chi connectivity index (χ2n) is 14.2. The summed E-state index contributed by atoms with van der Waals surface area (Å²) in [5.74, 6) is -8.16. The number of rotatable bonds is 3. The Labute approximate surface area is 242 Å². The van der Waals surface area contributed by atoms with Crippen molar-refractivity contribution in [2.45, 2.75) is 101 Å². The predicted molar refractivity (Wildman–Crippen MR) is 143 cm³/mol. The molecule has 3 unspecified atom stereocenters. The van der Waals surface area contributed by atoms with Crippen molar-refractivity contribution in [1.82, 2.24) is 0 Å². The van der Waals surface area contributed by atoms with Crippen molar-refractivity contribution in [3.05, 3.63) is 58.7 Å². The maximum atomic E-state index is 15.1. The Hall–Kier alpha value is -1.85. The Kier molecular flexibility index (Phi) is 6.71. The molecule has 10 heteroatoms. The lowest BCUT2D eigenvalue weighted by molar-refractivity contribution is -0.353. The van der Waals surface area contributed by atoms with Crippen molar-refractivity contribution < 1.29 is 46.7 Å². The van der Waals surface area contributed by atoms with Crippen LogP contribution in [0, 0.1) is 22.7 Å². The normalized spacial score (nSPS) is 39.2. The van der Waals surface area contributed by atoms with Gasteiger partial charge in [0, 0.05) is 29.6 Å². The minimum atomic E-state index is -5.94. The Morgan fingerprint density at radius 2 is 1.60 bits per heavy atom. The first kappa shape index (κ1) is 30.2. The number of aliphatic hydroxyl groups is 3. The lowest BCUT2D eigenvalue weighted by Gasteiger charge is -2.59. The zero-order valence-corrected chi connectivity index (χ0v) is 24.1. The first-order valence-corrected chi connectivity index (χ1v) is 14.7. The minimum Gasteiger partial charge on any atom is -0.392 e. The van der Waals surface area contributed by atoms with Gasteiger partial charge in [-0.05, 0) is 60.3 Å². The van der Waals surface area contributed by atoms with E-state index in [1.807, 2.05) is 13.8 Å². The summed E-state index contributed by atoms with van der Waals surface area (Å²) in [7, 11) is 0. The van der Waals surface area contributed by atoms with E-state index in [0.717, 1.165) is 11.1 Å². The molecule has 6 atom stereocenters. The summed E-state index contributed by atoms with van der Waals surface area (Å²) in [5, 5.41) is 33.1. The van der Waals surface area contributed by atoms with Crippen LogP contribution in [0.3, 0.4) is 0 Å². The average molecular weight is 599 g/mol. The van der Waals surface area contributed by atoms with Crippen LogP contribution in [0.25, 0.3) is 0 Å². The van der Waals surface area contributed by atoms with Gasteiger partial charge in [-0.15, -0.1) is 0 Å². The van der Waals surface area contributed by atoms with E-state index >= 15 is 8.78 Å². The summed E-state index contributed by atoms with van der Waals surface area (Å²) < 4.78 is 84.0. The molecule has 1 spiro atoms. The largest absolute Gasteiger partial charge is 0.456 e. The van der Waals surface area contributed by atoms with Crippen LogP contribution in [0.2, 0.25) is 0 Å². The van der Waals surface area contributed by atoms with Crippen LogP contribution in [0.15, 0.2) is 47.6 Å². The lowest BCUT2D eigenvalue weighted by Crippen LogP contribution is -2.65. The summed E-state index contributed by atoms with van der Waals surface area (Å²) in [6.07, 6.45) is -2.34. The van der Waals surface area contributed by atoms with Gasteiger partial charge in [-0.1, -0.05) is 56.7 Å². The molecule has 42 heavy (non-hydrogen) atoms. The quantitative estimate of drug-likeness (QED) is 0.286. The smallest absolute Gasteiger partial charge is 0.392 e. The number of allylic oxidation sites excluding steroid dienone is 2. The number of hydrogen-bond donors (Lipinski definition) is 3. The van der Waals surface area contributed by atoms with Gasteiger partial charge in [-0.2, -0.15) is 22.0 Å². The fourth-order valence-electron chi connectivity index (χ4n) is 8.58. The van der Waals surface area contributed by atoms with Crippen LogP contribution in [-0.2, 0) is 16.1 Å². The second-order valence-corrected chi connectivity index (χ2v) is 14.2. The van der Waals surface area contributed by atoms with E-state index in [1.165, 1.54) is 13.0 Å². The number of ether oxygens (including phenoxy) is 2. The van der Waals surface area contributed by atoms with Gasteiger partial charge in [0.15, 0.2) is 11.4 Å². The highest BCUT2D eigenvalue weighted by atomic mass is 19.4. The molecule has 6 rings (SSSR count). The summed E-state index contributed by atoms with van der Waals surface area (Å²) in [6, 6.07) is 6.90. The Balaban J connectivity index is 1.46. The highest BCUT2D eigenvalue weighted by molar-refractivity contribution is 5.47. The summed E-state index contributed by atoms with van der Waals surface area (Å²) in [6.45, 7) is 6.18. The molecule has 1 aromatic rings. The molecule has 1 heterocycles. The van der Waals surface area contributed by atoms with Gasteiger partial charge >= 0.3 is 12.1 Å². The molecule has 4 aliphatic carbocycles. The van der Waals surface area contributed by atoms with E-state index in [1.54, 1.807) is 24.3 Å². The molecule has 1 aliphatic heterocycles. The predicted octanol–water partition coefficient (Wildman–Crippen LogP) is 6.18. The molecule has 5 aliphatic rings. The Bertz CT molecular complexity index is 1290. The molecule has 0 bridgehead atoms. The number of fused-ring (bicyclic) bond motifs is 4. The average Bonchev–Trinajstić information content (AvgIpc) is 3.20. The standard InChI is InChI=1S/C32H39F5O5/c1-26(2)17-41-29(42-18-26)12-9-24-25-21(8-11-28(24,39)16-29)23-10-13-30(40,31(33,34)32(35,36)37)27(23,3)14-22(25)20-6-4-19(15-38)5-7-20/h4-7,10,13,21-23,38-40H,8-9,11-12,14-18H2,1-3H3/t21?,22-,23?,27?,28-,30+/m1/s1. The van der Waals surface area contributed by atoms with E-state index in [0.29, 0.717) is 49.7 Å². The minimum absolute atomic E-state index is 0.159. The van der Waals surface area contributed by atoms with Gasteiger partial charge in [0.05, 0.1) is 25.4 Å². The van der Waals surface area contributed by atoms with Crippen LogP contribution in [0.4, 0.5) is 22.0 Å². The first-order valence-electron chi connectivity index (χ1n) is 14.7. The van der Waals surface area contributed by atoms with Crippen molar-refractivity contribution in [3.63, 3.8) is 0 Å². The number of alkyl halides is 5. The highest BCUT2D eigenvalue weighted by Crippen LogP contribution is 2.69. The van der Waals surface area contributed by atoms with E-state index < -0.39 is 52.3 Å². The molecule has 3 fully saturated rings. The van der Waals surface area contributed by atoms with Gasteiger partial charge in [0.2, 0.25) is 0 Å². The number of aliphatic hydroxyl groups excluding tert-OH is 1. The first-order chi connectivity index (χ1) is 19.4. The zero-order chi connectivity index (χ0) is 30.6. The Morgan fingerprint density at radius 1 is 0.952 bits per heavy atom. The Morgan fingerprint density at radius 3 is 2.19 bits per heavy atom. The third kappa shape index (κ3) is 4.19. The van der Waals surface area contributed by atoms with Crippen LogP contribution >= 0.6 is 0 Å². The molecule has 0 radical (unpaired) electrons. The van der Waals surface area contributed by atoms with Crippen LogP contribution < -0.4 is 0 Å². The molecule has 2 saturated carbocycles. The van der Waals surface area contributed by atoms with E-state index in [2.05, 4.69) is 0 Å². The maximum Gasteiger partial charge on any atom is 0.456 e. The molecule has 0 amide bonds. The van der Waals surface area contributed by atoms with Gasteiger partial charge < -0.3 is 24.8 Å². The summed E-state index contributed by atoms with van der Waals surface area (Å²) >= 11 is 0. The van der Waals surface area contributed by atoms with Crippen molar-refractivity contribution >= 4 is 0 Å². The van der Waals surface area contributed by atoms with Crippen molar-refractivity contribution in [2.24, 2.45) is 22.7 Å². The molecule has 1 saturated heterocycles. The topological polar surface area (TPSA) is 79.2 Å². The SMILES string of the molecule is CC1(C)COC2(CCC3=C4C(CC[C@@]3(O)C2)C2C=C[C@@](O)(C(F)(F)C(F)(F)F)C2(C)C[C@@H]4c2ccc(CO)cc2)OC1. The summed E-state index contributed by atoms with van der Waals surface area (Å²) in [5.41, 5.74) is -3.77. The van der Waals surface area contributed by atoms with Crippen molar-refractivity contribution in [1.29, 1.82) is 0 Å². The third-order valence-corrected chi connectivity index (χ3v) is 10.9. The van der Waals surface area contributed by atoms with Crippen LogP contribution in [-0.4, -0.2) is 57.6 Å². The molecule has 3 N–H and O–H groups in total. The molecular formula is C32H39F5O5. The van der Waals surface area contributed by atoms with Gasteiger partial charge in [0.1, 0.15) is 0 Å². The van der Waals surface area contributed by atoms with Gasteiger partial charge in [-0.3, -0.25) is 0 Å². The van der Waals surface area contributed by atoms with Gasteiger partial charge in [-0.25, -0.2) is 0 Å². The zero-order valence-electron chi connectivity index (χ0n) is 24.1. The monoisotopic (exact) mass is 598 g/mol. The number of benzene rings is 1. The van der Waals surface area contributed by atoms with Gasteiger partial charge in [0.25, 0.3) is 0 Å². The molecule has 1 aromatic carbocycles. The maximum absolute atomic E-state index is 15.1. The van der Waals surface area contributed by atoms with Crippen molar-refractivity contribution in [3.8, 4) is 0 Å².